The molecule has 0 saturated carbocycles. The fourth-order valence-corrected chi connectivity index (χ4v) is 9.45. The fraction of sp³-hybridized carbons (Fsp3) is 0.836. The molecule has 0 aliphatic carbocycles. The Hall–Kier alpha value is -2.63. The van der Waals surface area contributed by atoms with Crippen LogP contribution in [0.25, 0.3) is 0 Å². The Morgan fingerprint density at radius 1 is 0.274 bits per heavy atom. The molecular formula is C67H122O6. The number of rotatable bonds is 59. The molecular weight excluding hydrogens is 901 g/mol. The maximum atomic E-state index is 12.9. The molecule has 1 atom stereocenters. The predicted octanol–water partition coefficient (Wildman–Crippen LogP) is 21.8. The molecule has 0 aliphatic heterocycles. The summed E-state index contributed by atoms with van der Waals surface area (Å²) in [6.45, 7) is 6.64. The Balaban J connectivity index is 4.37. The number of esters is 3. The van der Waals surface area contributed by atoms with Gasteiger partial charge in [-0.3, -0.25) is 14.4 Å². The lowest BCUT2D eigenvalue weighted by Crippen LogP contribution is -2.30. The summed E-state index contributed by atoms with van der Waals surface area (Å²) >= 11 is 0. The van der Waals surface area contributed by atoms with Crippen molar-refractivity contribution in [1.29, 1.82) is 0 Å². The molecule has 0 aromatic rings. The Morgan fingerprint density at radius 2 is 0.493 bits per heavy atom. The van der Waals surface area contributed by atoms with Crippen LogP contribution in [0.3, 0.4) is 0 Å². The standard InChI is InChI=1S/C67H122O6/c1-4-7-10-13-16-19-22-25-28-31-33-36-39-42-45-48-51-54-57-60-66(69)72-63-64(62-71-65(68)59-56-53-50-47-44-41-38-35-30-27-24-21-18-15-12-9-6-3)73-67(70)61-58-55-52-49-46-43-40-37-34-32-29-26-23-20-17-14-11-8-5-2/h18,21,25,27-28,30,38,41,64H,4-17,19-20,22-24,26,29,31-37,39-40,42-63H2,1-3H3/b21-18+,28-25+,30-27+,41-38+/t64-/m1/s1. The van der Waals surface area contributed by atoms with Gasteiger partial charge < -0.3 is 14.2 Å². The van der Waals surface area contributed by atoms with Crippen LogP contribution in [-0.4, -0.2) is 37.2 Å². The first-order valence-electron chi connectivity index (χ1n) is 32.1. The van der Waals surface area contributed by atoms with E-state index in [1.54, 1.807) is 0 Å². The molecule has 6 heteroatoms. The molecule has 0 radical (unpaired) electrons. The summed E-state index contributed by atoms with van der Waals surface area (Å²) in [5.41, 5.74) is 0. The third kappa shape index (κ3) is 60.1. The van der Waals surface area contributed by atoms with Gasteiger partial charge in [0.25, 0.3) is 0 Å². The maximum Gasteiger partial charge on any atom is 0.306 e. The van der Waals surface area contributed by atoms with Crippen LogP contribution in [0.5, 0.6) is 0 Å². The van der Waals surface area contributed by atoms with Crippen molar-refractivity contribution in [3.63, 3.8) is 0 Å². The molecule has 6 nitrogen and oxygen atoms in total. The lowest BCUT2D eigenvalue weighted by atomic mass is 10.0. The maximum absolute atomic E-state index is 12.9. The summed E-state index contributed by atoms with van der Waals surface area (Å²) in [6, 6.07) is 0. The van der Waals surface area contributed by atoms with E-state index in [1.807, 2.05) is 0 Å². The van der Waals surface area contributed by atoms with Crippen LogP contribution in [0.4, 0.5) is 0 Å². The highest BCUT2D eigenvalue weighted by atomic mass is 16.6. The van der Waals surface area contributed by atoms with Crippen molar-refractivity contribution in [3.8, 4) is 0 Å². The van der Waals surface area contributed by atoms with Gasteiger partial charge in [-0.25, -0.2) is 0 Å². The van der Waals surface area contributed by atoms with E-state index in [4.69, 9.17) is 14.2 Å². The predicted molar refractivity (Wildman–Crippen MR) is 316 cm³/mol. The van der Waals surface area contributed by atoms with E-state index in [0.29, 0.717) is 19.3 Å². The minimum Gasteiger partial charge on any atom is -0.462 e. The van der Waals surface area contributed by atoms with Crippen molar-refractivity contribution in [3.05, 3.63) is 48.6 Å². The summed E-state index contributed by atoms with van der Waals surface area (Å²) in [6.07, 6.45) is 76.8. The Morgan fingerprint density at radius 3 is 0.808 bits per heavy atom. The summed E-state index contributed by atoms with van der Waals surface area (Å²) in [4.78, 5) is 38.3. The van der Waals surface area contributed by atoms with Crippen LogP contribution in [0.1, 0.15) is 342 Å². The fourth-order valence-electron chi connectivity index (χ4n) is 9.45. The van der Waals surface area contributed by atoms with Crippen LogP contribution in [-0.2, 0) is 28.6 Å². The van der Waals surface area contributed by atoms with Crippen LogP contribution in [0.2, 0.25) is 0 Å². The number of hydrogen-bond acceptors (Lipinski definition) is 6. The molecule has 0 fully saturated rings. The van der Waals surface area contributed by atoms with Crippen LogP contribution in [0.15, 0.2) is 48.6 Å². The van der Waals surface area contributed by atoms with E-state index in [2.05, 4.69) is 69.4 Å². The second-order valence-corrected chi connectivity index (χ2v) is 21.7. The average Bonchev–Trinajstić information content (AvgIpc) is 3.39. The van der Waals surface area contributed by atoms with Crippen LogP contribution < -0.4 is 0 Å². The van der Waals surface area contributed by atoms with Crippen LogP contribution in [0, 0.1) is 0 Å². The van der Waals surface area contributed by atoms with Crippen molar-refractivity contribution in [2.24, 2.45) is 0 Å². The molecule has 73 heavy (non-hydrogen) atoms. The van der Waals surface area contributed by atoms with Gasteiger partial charge in [0.2, 0.25) is 0 Å². The minimum absolute atomic E-state index is 0.0779. The zero-order valence-corrected chi connectivity index (χ0v) is 48.9. The zero-order chi connectivity index (χ0) is 52.9. The summed E-state index contributed by atoms with van der Waals surface area (Å²) in [5, 5.41) is 0. The molecule has 0 bridgehead atoms. The highest BCUT2D eigenvalue weighted by Gasteiger charge is 2.19. The molecule has 0 N–H and O–H groups in total. The van der Waals surface area contributed by atoms with Crippen LogP contribution >= 0.6 is 0 Å². The molecule has 426 valence electrons. The van der Waals surface area contributed by atoms with E-state index in [-0.39, 0.29) is 31.1 Å². The molecule has 0 rings (SSSR count). The number of carbonyl (C=O) groups is 3. The van der Waals surface area contributed by atoms with Gasteiger partial charge >= 0.3 is 17.9 Å². The Kier molecular flexibility index (Phi) is 59.7. The smallest absolute Gasteiger partial charge is 0.306 e. The normalized spacial score (nSPS) is 12.3. The second kappa shape index (κ2) is 61.9. The lowest BCUT2D eigenvalue weighted by Gasteiger charge is -2.18. The van der Waals surface area contributed by atoms with Gasteiger partial charge in [0.15, 0.2) is 6.10 Å². The number of allylic oxidation sites excluding steroid dienone is 8. The summed E-state index contributed by atoms with van der Waals surface area (Å²) < 4.78 is 16.9. The molecule has 0 spiro atoms. The first-order chi connectivity index (χ1) is 36.0. The Bertz CT molecular complexity index is 1270. The second-order valence-electron chi connectivity index (χ2n) is 21.7. The molecule has 0 aromatic heterocycles. The Labute approximate surface area is 454 Å². The van der Waals surface area contributed by atoms with E-state index >= 15 is 0 Å². The molecule has 0 heterocycles. The largest absolute Gasteiger partial charge is 0.462 e. The number of unbranched alkanes of at least 4 members (excludes halogenated alkanes) is 40. The minimum atomic E-state index is -0.782. The molecule has 0 amide bonds. The highest BCUT2D eigenvalue weighted by Crippen LogP contribution is 2.17. The van der Waals surface area contributed by atoms with E-state index in [9.17, 15) is 14.4 Å². The van der Waals surface area contributed by atoms with Crippen molar-refractivity contribution < 1.29 is 28.6 Å². The van der Waals surface area contributed by atoms with Gasteiger partial charge in [-0.15, -0.1) is 0 Å². The SMILES string of the molecule is CCCCC/C=C/C/C=C/C/C=C/CCCCCCC(=O)OC[C@H](COC(=O)CCCCCCCCCCC/C=C/CCCCCCCC)OC(=O)CCCCCCCCCCCCCCCCCCCCC. The van der Waals surface area contributed by atoms with Gasteiger partial charge in [-0.1, -0.05) is 288 Å². The number of ether oxygens (including phenoxy) is 3. The van der Waals surface area contributed by atoms with Crippen molar-refractivity contribution in [2.45, 2.75) is 348 Å². The zero-order valence-electron chi connectivity index (χ0n) is 48.9. The number of hydrogen-bond donors (Lipinski definition) is 0. The first kappa shape index (κ1) is 70.4. The van der Waals surface area contributed by atoms with E-state index < -0.39 is 6.10 Å². The monoisotopic (exact) mass is 1020 g/mol. The summed E-state index contributed by atoms with van der Waals surface area (Å²) in [5.74, 6) is -0.880. The number of carbonyl (C=O) groups excluding carboxylic acids is 3. The van der Waals surface area contributed by atoms with Gasteiger partial charge in [-0.05, 0) is 83.5 Å². The van der Waals surface area contributed by atoms with E-state index in [1.165, 1.54) is 218 Å². The highest BCUT2D eigenvalue weighted by molar-refractivity contribution is 5.71. The third-order valence-electron chi connectivity index (χ3n) is 14.3. The third-order valence-corrected chi connectivity index (χ3v) is 14.3. The molecule has 0 aromatic carbocycles. The lowest BCUT2D eigenvalue weighted by molar-refractivity contribution is -0.167. The van der Waals surface area contributed by atoms with Gasteiger partial charge in [-0.2, -0.15) is 0 Å². The van der Waals surface area contributed by atoms with Crippen molar-refractivity contribution in [2.75, 3.05) is 13.2 Å². The molecule has 0 unspecified atom stereocenters. The van der Waals surface area contributed by atoms with Crippen molar-refractivity contribution in [1.82, 2.24) is 0 Å². The summed E-state index contributed by atoms with van der Waals surface area (Å²) in [7, 11) is 0. The van der Waals surface area contributed by atoms with Gasteiger partial charge in [0.05, 0.1) is 0 Å². The van der Waals surface area contributed by atoms with Gasteiger partial charge in [0, 0.05) is 19.3 Å². The quantitative estimate of drug-likeness (QED) is 0.0261. The van der Waals surface area contributed by atoms with Crippen molar-refractivity contribution >= 4 is 17.9 Å². The first-order valence-corrected chi connectivity index (χ1v) is 32.1. The molecule has 0 saturated heterocycles. The molecule has 0 aliphatic rings. The van der Waals surface area contributed by atoms with Gasteiger partial charge in [0.1, 0.15) is 13.2 Å². The average molecular weight is 1020 g/mol. The van der Waals surface area contributed by atoms with E-state index in [0.717, 1.165) is 83.5 Å². The topological polar surface area (TPSA) is 78.9 Å².